The third kappa shape index (κ3) is 5.93. The number of anilines is 3. The Hall–Kier alpha value is -7.48. The van der Waals surface area contributed by atoms with Crippen LogP contribution in [0.15, 0.2) is 224 Å². The molecule has 0 heterocycles. The molecular formula is C59H43N. The Bertz CT molecular complexity index is 3210. The van der Waals surface area contributed by atoms with Gasteiger partial charge in [-0.2, -0.15) is 0 Å². The zero-order valence-electron chi connectivity index (χ0n) is 33.8. The van der Waals surface area contributed by atoms with Crippen molar-refractivity contribution in [3.05, 3.63) is 236 Å². The lowest BCUT2D eigenvalue weighted by molar-refractivity contribution is 0.666. The Morgan fingerprint density at radius 1 is 0.333 bits per heavy atom. The lowest BCUT2D eigenvalue weighted by atomic mass is 9.79. The number of nitrogens with zero attached hydrogens (tertiary/aromatic N) is 1. The van der Waals surface area contributed by atoms with Gasteiger partial charge >= 0.3 is 0 Å². The summed E-state index contributed by atoms with van der Waals surface area (Å²) >= 11 is 0. The molecule has 1 heteroatoms. The van der Waals surface area contributed by atoms with E-state index < -0.39 is 0 Å². The number of hydrogen-bond donors (Lipinski definition) is 0. The van der Waals surface area contributed by atoms with E-state index in [1.807, 2.05) is 0 Å². The lowest BCUT2D eigenvalue weighted by Crippen LogP contribution is -2.15. The third-order valence-electron chi connectivity index (χ3n) is 12.6. The summed E-state index contributed by atoms with van der Waals surface area (Å²) in [6, 6.07) is 82.3. The predicted molar refractivity (Wildman–Crippen MR) is 255 cm³/mol. The first-order valence-corrected chi connectivity index (χ1v) is 20.9. The first-order chi connectivity index (χ1) is 29.5. The van der Waals surface area contributed by atoms with Gasteiger partial charge < -0.3 is 4.90 Å². The molecule has 0 N–H and O–H groups in total. The fourth-order valence-electron chi connectivity index (χ4n) is 9.76. The van der Waals surface area contributed by atoms with Gasteiger partial charge in [-0.25, -0.2) is 0 Å². The van der Waals surface area contributed by atoms with E-state index in [1.54, 1.807) is 0 Å². The molecule has 0 unspecified atom stereocenters. The predicted octanol–water partition coefficient (Wildman–Crippen LogP) is 16.4. The number of hydrogen-bond acceptors (Lipinski definition) is 1. The molecule has 0 bridgehead atoms. The third-order valence-corrected chi connectivity index (χ3v) is 12.6. The van der Waals surface area contributed by atoms with Gasteiger partial charge in [-0.05, 0) is 125 Å². The maximum atomic E-state index is 2.42. The highest BCUT2D eigenvalue weighted by atomic mass is 15.1. The van der Waals surface area contributed by atoms with Crippen molar-refractivity contribution in [3.8, 4) is 55.6 Å². The van der Waals surface area contributed by atoms with Crippen LogP contribution in [0.25, 0.3) is 77.2 Å². The summed E-state index contributed by atoms with van der Waals surface area (Å²) in [4.78, 5) is 2.42. The molecule has 0 spiro atoms. The quantitative estimate of drug-likeness (QED) is 0.156. The molecule has 0 radical (unpaired) electrons. The van der Waals surface area contributed by atoms with Gasteiger partial charge in [0.15, 0.2) is 0 Å². The van der Waals surface area contributed by atoms with Gasteiger partial charge in [0.2, 0.25) is 0 Å². The minimum Gasteiger partial charge on any atom is -0.310 e. The molecule has 0 saturated heterocycles. The Labute approximate surface area is 352 Å². The van der Waals surface area contributed by atoms with E-state index in [0.717, 1.165) is 17.1 Å². The first-order valence-electron chi connectivity index (χ1n) is 20.9. The fraction of sp³-hybridized carbons (Fsp3) is 0.0508. The van der Waals surface area contributed by atoms with Crippen molar-refractivity contribution in [3.63, 3.8) is 0 Å². The van der Waals surface area contributed by atoms with E-state index in [2.05, 4.69) is 243 Å². The van der Waals surface area contributed by atoms with E-state index in [4.69, 9.17) is 0 Å². The Morgan fingerprint density at radius 3 is 1.62 bits per heavy atom. The molecular weight excluding hydrogens is 723 g/mol. The van der Waals surface area contributed by atoms with E-state index in [0.29, 0.717) is 0 Å². The van der Waals surface area contributed by atoms with Crippen LogP contribution in [-0.4, -0.2) is 0 Å². The van der Waals surface area contributed by atoms with Gasteiger partial charge in [0.05, 0.1) is 5.69 Å². The molecule has 284 valence electrons. The number of para-hydroxylation sites is 1. The van der Waals surface area contributed by atoms with E-state index >= 15 is 0 Å². The average Bonchev–Trinajstić information content (AvgIpc) is 3.56. The van der Waals surface area contributed by atoms with Gasteiger partial charge in [0.1, 0.15) is 0 Å². The minimum absolute atomic E-state index is 0.114. The molecule has 11 rings (SSSR count). The van der Waals surface area contributed by atoms with Crippen molar-refractivity contribution in [1.82, 2.24) is 0 Å². The molecule has 0 fully saturated rings. The van der Waals surface area contributed by atoms with Gasteiger partial charge in [0, 0.05) is 22.4 Å². The van der Waals surface area contributed by atoms with Crippen LogP contribution in [0, 0.1) is 0 Å². The van der Waals surface area contributed by atoms with Crippen molar-refractivity contribution in [1.29, 1.82) is 0 Å². The molecule has 10 aromatic rings. The van der Waals surface area contributed by atoms with Crippen LogP contribution in [0.5, 0.6) is 0 Å². The smallest absolute Gasteiger partial charge is 0.0540 e. The molecule has 60 heavy (non-hydrogen) atoms. The molecule has 10 aromatic carbocycles. The first kappa shape index (κ1) is 35.7. The van der Waals surface area contributed by atoms with Crippen LogP contribution in [0.2, 0.25) is 0 Å². The summed E-state index contributed by atoms with van der Waals surface area (Å²) in [7, 11) is 0. The van der Waals surface area contributed by atoms with Gasteiger partial charge in [0.25, 0.3) is 0 Å². The summed E-state index contributed by atoms with van der Waals surface area (Å²) in [5, 5.41) is 5.10. The SMILES string of the molecule is CC1(C)c2ccccc2-c2c(-c3ccc(N(c4ccc(-c5ccc6ccccc6c5)cc4)c4ccccc4-c4ccccc4-c4ccccc4)cc3)cc3ccccc3c21. The van der Waals surface area contributed by atoms with Crippen LogP contribution in [-0.2, 0) is 5.41 Å². The van der Waals surface area contributed by atoms with E-state index in [-0.39, 0.29) is 5.41 Å². The van der Waals surface area contributed by atoms with Crippen molar-refractivity contribution < 1.29 is 0 Å². The molecule has 0 atom stereocenters. The summed E-state index contributed by atoms with van der Waals surface area (Å²) in [6.45, 7) is 4.76. The van der Waals surface area contributed by atoms with Crippen molar-refractivity contribution in [2.24, 2.45) is 0 Å². The summed E-state index contributed by atoms with van der Waals surface area (Å²) in [5.74, 6) is 0. The summed E-state index contributed by atoms with van der Waals surface area (Å²) in [6.07, 6.45) is 0. The van der Waals surface area contributed by atoms with Gasteiger partial charge in [-0.1, -0.05) is 196 Å². The lowest BCUT2D eigenvalue weighted by Gasteiger charge is -2.29. The second kappa shape index (κ2) is 14.4. The van der Waals surface area contributed by atoms with Crippen molar-refractivity contribution in [2.75, 3.05) is 4.90 Å². The molecule has 0 aliphatic heterocycles. The van der Waals surface area contributed by atoms with Crippen molar-refractivity contribution >= 4 is 38.6 Å². The van der Waals surface area contributed by atoms with Crippen LogP contribution in [0.1, 0.15) is 25.0 Å². The second-order valence-electron chi connectivity index (χ2n) is 16.5. The largest absolute Gasteiger partial charge is 0.310 e. The maximum Gasteiger partial charge on any atom is 0.0540 e. The van der Waals surface area contributed by atoms with E-state index in [1.165, 1.54) is 88.3 Å². The summed E-state index contributed by atoms with van der Waals surface area (Å²) in [5.41, 5.74) is 18.4. The zero-order chi connectivity index (χ0) is 40.2. The van der Waals surface area contributed by atoms with Crippen LogP contribution < -0.4 is 4.90 Å². The number of fused-ring (bicyclic) bond motifs is 6. The number of rotatable bonds is 7. The normalized spacial score (nSPS) is 12.6. The molecule has 0 aromatic heterocycles. The summed E-state index contributed by atoms with van der Waals surface area (Å²) < 4.78 is 0. The molecule has 0 saturated carbocycles. The standard InChI is InChI=1S/C59H43N/c1-59(2)55-26-14-12-25-53(55)57-54(39-46-20-8-9-22-50(46)58(57)59)43-32-36-48(37-33-43)60(47-34-30-41(31-35-47)45-29-28-40-16-6-7-19-44(40)38-45)56-27-15-13-24-52(56)51-23-11-10-21-49(51)42-17-4-3-5-18-42/h3-39H,1-2H3. The van der Waals surface area contributed by atoms with Gasteiger partial charge in [-0.3, -0.25) is 0 Å². The van der Waals surface area contributed by atoms with Crippen LogP contribution >= 0.6 is 0 Å². The molecule has 0 amide bonds. The van der Waals surface area contributed by atoms with Gasteiger partial charge in [-0.15, -0.1) is 0 Å². The van der Waals surface area contributed by atoms with Crippen LogP contribution in [0.3, 0.4) is 0 Å². The Morgan fingerprint density at radius 2 is 0.867 bits per heavy atom. The topological polar surface area (TPSA) is 3.24 Å². The highest BCUT2D eigenvalue weighted by Crippen LogP contribution is 2.55. The van der Waals surface area contributed by atoms with Crippen molar-refractivity contribution in [2.45, 2.75) is 19.3 Å². The number of benzene rings is 10. The average molecular weight is 766 g/mol. The fourth-order valence-corrected chi connectivity index (χ4v) is 9.76. The highest BCUT2D eigenvalue weighted by molar-refractivity contribution is 6.05. The second-order valence-corrected chi connectivity index (χ2v) is 16.5. The van der Waals surface area contributed by atoms with E-state index in [9.17, 15) is 0 Å². The Balaban J connectivity index is 1.07. The maximum absolute atomic E-state index is 2.42. The molecule has 1 nitrogen and oxygen atoms in total. The molecule has 1 aliphatic rings. The zero-order valence-corrected chi connectivity index (χ0v) is 33.8. The Kier molecular flexibility index (Phi) is 8.57. The minimum atomic E-state index is -0.114. The monoisotopic (exact) mass is 765 g/mol. The molecule has 1 aliphatic carbocycles. The highest BCUT2D eigenvalue weighted by Gasteiger charge is 2.38. The van der Waals surface area contributed by atoms with Crippen LogP contribution in [0.4, 0.5) is 17.1 Å².